The highest BCUT2D eigenvalue weighted by Crippen LogP contribution is 2.34. The number of rotatable bonds is 3. The number of anilines is 1. The molecule has 1 aromatic carbocycles. The van der Waals surface area contributed by atoms with E-state index < -0.39 is 11.8 Å². The number of aryl methyl sites for hydroxylation is 1. The highest BCUT2D eigenvalue weighted by Gasteiger charge is 2.31. The minimum Gasteiger partial charge on any atom is -0.465 e. The predicted molar refractivity (Wildman–Crippen MR) is 81.4 cm³/mol. The zero-order valence-electron chi connectivity index (χ0n) is 11.7. The Hall–Kier alpha value is -1.63. The average molecular weight is 356 g/mol. The number of benzene rings is 1. The molecule has 1 unspecified atom stereocenters. The van der Waals surface area contributed by atoms with Crippen LogP contribution in [-0.4, -0.2) is 33.5 Å². The maximum atomic E-state index is 14.7. The third kappa shape index (κ3) is 2.29. The van der Waals surface area contributed by atoms with Gasteiger partial charge in [0.15, 0.2) is 5.82 Å². The van der Waals surface area contributed by atoms with Crippen molar-refractivity contribution in [3.05, 3.63) is 23.8 Å². The Balaban J connectivity index is 2.14. The van der Waals surface area contributed by atoms with Crippen LogP contribution < -0.4 is 5.32 Å². The summed E-state index contributed by atoms with van der Waals surface area (Å²) in [6, 6.07) is 1.71. The fraction of sp³-hybridized carbons (Fsp3) is 0.429. The number of fused-ring (bicyclic) bond motifs is 1. The maximum absolute atomic E-state index is 14.7. The summed E-state index contributed by atoms with van der Waals surface area (Å²) in [6.07, 6.45) is 3.48. The lowest BCUT2D eigenvalue weighted by atomic mass is 9.92. The minimum absolute atomic E-state index is 0.101. The molecule has 1 aliphatic carbocycles. The van der Waals surface area contributed by atoms with E-state index in [-0.39, 0.29) is 27.6 Å². The standard InChI is InChI=1S/C14H15BrFN3O2/c1-19-6-17-13-10(19)5-7(14(20)21-2)12(11(13)16)18-9-4-3-8(9)15/h5-6,8-9,18H,3-4H2,1-2H3/t8-,9?/m0/s1. The van der Waals surface area contributed by atoms with Gasteiger partial charge in [-0.2, -0.15) is 0 Å². The lowest BCUT2D eigenvalue weighted by molar-refractivity contribution is 0.0601. The Morgan fingerprint density at radius 2 is 2.33 bits per heavy atom. The third-order valence-corrected chi connectivity index (χ3v) is 4.98. The van der Waals surface area contributed by atoms with Crippen molar-refractivity contribution >= 4 is 38.6 Å². The van der Waals surface area contributed by atoms with Crippen LogP contribution in [0.3, 0.4) is 0 Å². The molecular formula is C14H15BrFN3O2. The summed E-state index contributed by atoms with van der Waals surface area (Å²) in [6.45, 7) is 0. The normalized spacial score (nSPS) is 21.1. The van der Waals surface area contributed by atoms with Gasteiger partial charge in [0.05, 0.1) is 30.2 Å². The van der Waals surface area contributed by atoms with Crippen molar-refractivity contribution in [3.8, 4) is 0 Å². The second-order valence-corrected chi connectivity index (χ2v) is 6.35. The second kappa shape index (κ2) is 5.29. The van der Waals surface area contributed by atoms with Gasteiger partial charge < -0.3 is 14.6 Å². The molecule has 112 valence electrons. The van der Waals surface area contributed by atoms with E-state index in [1.807, 2.05) is 0 Å². The number of carbonyl (C=O) groups is 1. The van der Waals surface area contributed by atoms with Gasteiger partial charge in [0, 0.05) is 17.9 Å². The number of imidazole rings is 1. The van der Waals surface area contributed by atoms with Gasteiger partial charge in [0.25, 0.3) is 0 Å². The van der Waals surface area contributed by atoms with Crippen molar-refractivity contribution in [2.24, 2.45) is 7.05 Å². The number of hydrogen-bond acceptors (Lipinski definition) is 4. The van der Waals surface area contributed by atoms with Gasteiger partial charge in [0.1, 0.15) is 5.52 Å². The Labute approximate surface area is 129 Å². The van der Waals surface area contributed by atoms with Gasteiger partial charge in [-0.3, -0.25) is 0 Å². The topological polar surface area (TPSA) is 56.1 Å². The van der Waals surface area contributed by atoms with Crippen LogP contribution in [0, 0.1) is 5.82 Å². The number of ether oxygens (including phenoxy) is 1. The molecule has 3 rings (SSSR count). The van der Waals surface area contributed by atoms with E-state index in [0.29, 0.717) is 5.52 Å². The van der Waals surface area contributed by atoms with Crippen LogP contribution >= 0.6 is 15.9 Å². The molecule has 2 aromatic rings. The number of carbonyl (C=O) groups excluding carboxylic acids is 1. The molecule has 1 saturated carbocycles. The fourth-order valence-electron chi connectivity index (χ4n) is 2.44. The Morgan fingerprint density at radius 1 is 1.57 bits per heavy atom. The van der Waals surface area contributed by atoms with Crippen LogP contribution in [0.1, 0.15) is 23.2 Å². The van der Waals surface area contributed by atoms with Crippen molar-refractivity contribution in [1.82, 2.24) is 9.55 Å². The Morgan fingerprint density at radius 3 is 2.90 bits per heavy atom. The van der Waals surface area contributed by atoms with Gasteiger partial charge in [0.2, 0.25) is 0 Å². The van der Waals surface area contributed by atoms with Crippen molar-refractivity contribution in [2.45, 2.75) is 23.7 Å². The summed E-state index contributed by atoms with van der Waals surface area (Å²) >= 11 is 3.52. The molecule has 1 aliphatic rings. The van der Waals surface area contributed by atoms with Crippen LogP contribution in [-0.2, 0) is 11.8 Å². The second-order valence-electron chi connectivity index (χ2n) is 5.17. The van der Waals surface area contributed by atoms with E-state index in [4.69, 9.17) is 4.74 Å². The Bertz CT molecular complexity index is 716. The zero-order chi connectivity index (χ0) is 15.1. The van der Waals surface area contributed by atoms with Gasteiger partial charge >= 0.3 is 5.97 Å². The molecule has 0 radical (unpaired) electrons. The smallest absolute Gasteiger partial charge is 0.340 e. The third-order valence-electron chi connectivity index (χ3n) is 3.89. The zero-order valence-corrected chi connectivity index (χ0v) is 13.3. The van der Waals surface area contributed by atoms with Crippen molar-refractivity contribution < 1.29 is 13.9 Å². The average Bonchev–Trinajstić information content (AvgIpc) is 2.85. The molecule has 7 heteroatoms. The fourth-order valence-corrected chi connectivity index (χ4v) is 3.10. The predicted octanol–water partition coefficient (Wildman–Crippen LogP) is 2.84. The molecule has 21 heavy (non-hydrogen) atoms. The number of alkyl halides is 1. The summed E-state index contributed by atoms with van der Waals surface area (Å²) in [5, 5.41) is 3.11. The number of methoxy groups -OCH3 is 1. The first kappa shape index (κ1) is 14.3. The van der Waals surface area contributed by atoms with E-state index >= 15 is 0 Å². The molecule has 5 nitrogen and oxygen atoms in total. The summed E-state index contributed by atoms with van der Waals surface area (Å²) in [5.74, 6) is -1.08. The molecular weight excluding hydrogens is 341 g/mol. The SMILES string of the molecule is COC(=O)c1cc2c(ncn2C)c(F)c1NC1CC[C@@H]1Br. The molecule has 1 aromatic heterocycles. The molecule has 2 atom stereocenters. The molecule has 0 spiro atoms. The highest BCUT2D eigenvalue weighted by atomic mass is 79.9. The van der Waals surface area contributed by atoms with E-state index in [1.165, 1.54) is 13.4 Å². The van der Waals surface area contributed by atoms with Crippen LogP contribution in [0.5, 0.6) is 0 Å². The van der Waals surface area contributed by atoms with Gasteiger partial charge in [-0.1, -0.05) is 15.9 Å². The first-order valence-corrected chi connectivity index (χ1v) is 7.57. The van der Waals surface area contributed by atoms with Gasteiger partial charge in [-0.15, -0.1) is 0 Å². The van der Waals surface area contributed by atoms with Crippen molar-refractivity contribution in [3.63, 3.8) is 0 Å². The number of hydrogen-bond donors (Lipinski definition) is 1. The van der Waals surface area contributed by atoms with E-state index in [9.17, 15) is 9.18 Å². The van der Waals surface area contributed by atoms with Crippen LogP contribution in [0.25, 0.3) is 11.0 Å². The number of esters is 1. The molecule has 1 N–H and O–H groups in total. The molecule has 0 saturated heterocycles. The molecule has 0 bridgehead atoms. The van der Waals surface area contributed by atoms with Crippen molar-refractivity contribution in [2.75, 3.05) is 12.4 Å². The highest BCUT2D eigenvalue weighted by molar-refractivity contribution is 9.09. The summed E-state index contributed by atoms with van der Waals surface area (Å²) in [5.41, 5.74) is 1.17. The molecule has 1 fully saturated rings. The van der Waals surface area contributed by atoms with Crippen molar-refractivity contribution in [1.29, 1.82) is 0 Å². The first-order chi connectivity index (χ1) is 10.0. The monoisotopic (exact) mass is 355 g/mol. The number of aromatic nitrogens is 2. The largest absolute Gasteiger partial charge is 0.465 e. The van der Waals surface area contributed by atoms with Gasteiger partial charge in [-0.05, 0) is 18.9 Å². The van der Waals surface area contributed by atoms with E-state index in [0.717, 1.165) is 12.8 Å². The lowest BCUT2D eigenvalue weighted by Gasteiger charge is -2.34. The summed E-state index contributed by atoms with van der Waals surface area (Å²) in [7, 11) is 3.04. The van der Waals surface area contributed by atoms with Crippen LogP contribution in [0.4, 0.5) is 10.1 Å². The van der Waals surface area contributed by atoms with Crippen LogP contribution in [0.15, 0.2) is 12.4 Å². The summed E-state index contributed by atoms with van der Waals surface area (Å²) in [4.78, 5) is 16.3. The Kier molecular flexibility index (Phi) is 3.61. The van der Waals surface area contributed by atoms with E-state index in [2.05, 4.69) is 26.2 Å². The number of nitrogens with zero attached hydrogens (tertiary/aromatic N) is 2. The quantitative estimate of drug-likeness (QED) is 0.679. The lowest BCUT2D eigenvalue weighted by Crippen LogP contribution is -2.39. The maximum Gasteiger partial charge on any atom is 0.340 e. The number of nitrogens with one attached hydrogen (secondary N) is 1. The first-order valence-electron chi connectivity index (χ1n) is 6.65. The minimum atomic E-state index is -0.565. The van der Waals surface area contributed by atoms with Gasteiger partial charge in [-0.25, -0.2) is 14.2 Å². The molecule has 0 aliphatic heterocycles. The van der Waals surface area contributed by atoms with E-state index in [1.54, 1.807) is 17.7 Å². The number of halogens is 2. The summed E-state index contributed by atoms with van der Waals surface area (Å²) < 4.78 is 21.2. The van der Waals surface area contributed by atoms with Crippen LogP contribution in [0.2, 0.25) is 0 Å². The molecule has 1 heterocycles. The molecule has 0 amide bonds.